The molecule has 86 valence electrons. The zero-order chi connectivity index (χ0) is 12.1. The molecule has 0 unspecified atom stereocenters. The van der Waals surface area contributed by atoms with Gasteiger partial charge in [-0.1, -0.05) is 24.3 Å². The van der Waals surface area contributed by atoms with Gasteiger partial charge in [0.15, 0.2) is 0 Å². The summed E-state index contributed by atoms with van der Waals surface area (Å²) in [6.07, 6.45) is 0.717. The van der Waals surface area contributed by atoms with Crippen molar-refractivity contribution in [1.29, 1.82) is 5.26 Å². The third-order valence-corrected chi connectivity index (χ3v) is 2.69. The highest BCUT2D eigenvalue weighted by Gasteiger charge is 2.04. The Hall–Kier alpha value is -2.05. The molecule has 0 amide bonds. The van der Waals surface area contributed by atoms with Gasteiger partial charge >= 0.3 is 0 Å². The summed E-state index contributed by atoms with van der Waals surface area (Å²) in [5.74, 6) is 0. The lowest BCUT2D eigenvalue weighted by Gasteiger charge is -2.10. The number of nitrogens with zero attached hydrogens (tertiary/aromatic N) is 1. The first-order valence-corrected chi connectivity index (χ1v) is 5.63. The monoisotopic (exact) mass is 226 g/mol. The van der Waals surface area contributed by atoms with E-state index in [0.29, 0.717) is 12.0 Å². The van der Waals surface area contributed by atoms with E-state index >= 15 is 0 Å². The van der Waals surface area contributed by atoms with Crippen LogP contribution in [0, 0.1) is 11.3 Å². The lowest BCUT2D eigenvalue weighted by Crippen LogP contribution is -2.03. The summed E-state index contributed by atoms with van der Waals surface area (Å²) in [6, 6.07) is 13.8. The maximum Gasteiger partial charge on any atom is 0.0998 e. The van der Waals surface area contributed by atoms with Gasteiger partial charge in [0.25, 0.3) is 0 Å². The number of aliphatic hydroxyl groups is 1. The smallest absolute Gasteiger partial charge is 0.0998 e. The van der Waals surface area contributed by atoms with E-state index in [-0.39, 0.29) is 6.61 Å². The average Bonchev–Trinajstić information content (AvgIpc) is 2.39. The van der Waals surface area contributed by atoms with Gasteiger partial charge in [0.05, 0.1) is 11.6 Å². The quantitative estimate of drug-likeness (QED) is 0.787. The molecule has 2 N–H and O–H groups in total. The zero-order valence-electron chi connectivity index (χ0n) is 9.48. The topological polar surface area (TPSA) is 56.0 Å². The summed E-state index contributed by atoms with van der Waals surface area (Å²) in [5.41, 5.74) is 1.70. The fourth-order valence-electron chi connectivity index (χ4n) is 1.85. The first kappa shape index (κ1) is 11.4. The number of nitrogens with one attached hydrogen (secondary N) is 1. The van der Waals surface area contributed by atoms with Crippen molar-refractivity contribution < 1.29 is 5.11 Å². The van der Waals surface area contributed by atoms with Gasteiger partial charge in [0, 0.05) is 29.6 Å². The summed E-state index contributed by atoms with van der Waals surface area (Å²) in [4.78, 5) is 0. The Morgan fingerprint density at radius 2 is 1.88 bits per heavy atom. The van der Waals surface area contributed by atoms with E-state index in [1.54, 1.807) is 0 Å². The van der Waals surface area contributed by atoms with Gasteiger partial charge in [-0.25, -0.2) is 0 Å². The van der Waals surface area contributed by atoms with Gasteiger partial charge in [-0.2, -0.15) is 5.26 Å². The Labute approximate surface area is 100 Å². The Balaban J connectivity index is 2.41. The van der Waals surface area contributed by atoms with Crippen LogP contribution in [-0.2, 0) is 0 Å². The maximum atomic E-state index is 9.04. The SMILES string of the molecule is N#Cc1ccc(NCCCO)c2ccccc12. The molecule has 0 aliphatic heterocycles. The predicted molar refractivity (Wildman–Crippen MR) is 68.9 cm³/mol. The second-order valence-electron chi connectivity index (χ2n) is 3.82. The van der Waals surface area contributed by atoms with Gasteiger partial charge in [0.1, 0.15) is 0 Å². The number of fused-ring (bicyclic) bond motifs is 1. The number of rotatable bonds is 4. The molecule has 0 heterocycles. The van der Waals surface area contributed by atoms with E-state index in [2.05, 4.69) is 11.4 Å². The summed E-state index contributed by atoms with van der Waals surface area (Å²) in [5, 5.41) is 23.1. The van der Waals surface area contributed by atoms with Crippen molar-refractivity contribution >= 4 is 16.5 Å². The largest absolute Gasteiger partial charge is 0.396 e. The molecule has 0 aliphatic carbocycles. The van der Waals surface area contributed by atoms with Crippen LogP contribution in [-0.4, -0.2) is 18.3 Å². The minimum absolute atomic E-state index is 0.182. The van der Waals surface area contributed by atoms with Crippen LogP contribution in [0.5, 0.6) is 0 Å². The van der Waals surface area contributed by atoms with E-state index in [4.69, 9.17) is 10.4 Å². The molecular formula is C14H14N2O. The van der Waals surface area contributed by atoms with Crippen molar-refractivity contribution in [3.8, 4) is 6.07 Å². The van der Waals surface area contributed by atoms with E-state index < -0.39 is 0 Å². The van der Waals surface area contributed by atoms with Crippen molar-refractivity contribution in [1.82, 2.24) is 0 Å². The predicted octanol–water partition coefficient (Wildman–Crippen LogP) is 2.51. The molecule has 2 aromatic carbocycles. The van der Waals surface area contributed by atoms with Crippen LogP contribution >= 0.6 is 0 Å². The first-order valence-electron chi connectivity index (χ1n) is 5.63. The fraction of sp³-hybridized carbons (Fsp3) is 0.214. The molecule has 0 saturated carbocycles. The molecule has 0 radical (unpaired) electrons. The Bertz CT molecular complexity index is 558. The highest BCUT2D eigenvalue weighted by molar-refractivity contribution is 5.97. The molecule has 3 nitrogen and oxygen atoms in total. The second kappa shape index (κ2) is 5.33. The van der Waals surface area contributed by atoms with Crippen LogP contribution in [0.4, 0.5) is 5.69 Å². The zero-order valence-corrected chi connectivity index (χ0v) is 9.48. The van der Waals surface area contributed by atoms with Crippen LogP contribution in [0.15, 0.2) is 36.4 Å². The van der Waals surface area contributed by atoms with Crippen LogP contribution in [0.1, 0.15) is 12.0 Å². The molecule has 0 atom stereocenters. The number of hydrogen-bond acceptors (Lipinski definition) is 3. The van der Waals surface area contributed by atoms with Crippen molar-refractivity contribution in [2.75, 3.05) is 18.5 Å². The summed E-state index contributed by atoms with van der Waals surface area (Å²) < 4.78 is 0. The Morgan fingerprint density at radius 1 is 1.12 bits per heavy atom. The molecule has 0 saturated heterocycles. The van der Waals surface area contributed by atoms with Gasteiger partial charge in [-0.05, 0) is 18.6 Å². The van der Waals surface area contributed by atoms with E-state index in [9.17, 15) is 0 Å². The fourth-order valence-corrected chi connectivity index (χ4v) is 1.85. The molecule has 17 heavy (non-hydrogen) atoms. The molecule has 3 heteroatoms. The van der Waals surface area contributed by atoms with E-state index in [0.717, 1.165) is 23.0 Å². The van der Waals surface area contributed by atoms with Crippen LogP contribution < -0.4 is 5.32 Å². The molecule has 0 spiro atoms. The minimum atomic E-state index is 0.182. The summed E-state index contributed by atoms with van der Waals surface area (Å²) >= 11 is 0. The Morgan fingerprint density at radius 3 is 2.59 bits per heavy atom. The van der Waals surface area contributed by atoms with Gasteiger partial charge in [0.2, 0.25) is 0 Å². The lowest BCUT2D eigenvalue weighted by molar-refractivity contribution is 0.292. The van der Waals surface area contributed by atoms with Gasteiger partial charge in [-0.15, -0.1) is 0 Å². The molecule has 0 fully saturated rings. The average molecular weight is 226 g/mol. The number of anilines is 1. The van der Waals surface area contributed by atoms with Crippen LogP contribution in [0.2, 0.25) is 0 Å². The van der Waals surface area contributed by atoms with E-state index in [1.807, 2.05) is 36.4 Å². The first-order chi connectivity index (χ1) is 8.36. The van der Waals surface area contributed by atoms with Gasteiger partial charge in [-0.3, -0.25) is 0 Å². The van der Waals surface area contributed by atoms with Crippen molar-refractivity contribution in [2.24, 2.45) is 0 Å². The maximum absolute atomic E-state index is 9.04. The van der Waals surface area contributed by atoms with Crippen molar-refractivity contribution in [3.63, 3.8) is 0 Å². The summed E-state index contributed by atoms with van der Waals surface area (Å²) in [6.45, 7) is 0.910. The molecule has 2 aromatic rings. The molecule has 0 bridgehead atoms. The summed E-state index contributed by atoms with van der Waals surface area (Å²) in [7, 11) is 0. The number of aliphatic hydroxyl groups excluding tert-OH is 1. The molecule has 2 rings (SSSR count). The van der Waals surface area contributed by atoms with Gasteiger partial charge < -0.3 is 10.4 Å². The van der Waals surface area contributed by atoms with Crippen LogP contribution in [0.3, 0.4) is 0 Å². The number of nitriles is 1. The van der Waals surface area contributed by atoms with E-state index in [1.165, 1.54) is 0 Å². The minimum Gasteiger partial charge on any atom is -0.396 e. The van der Waals surface area contributed by atoms with Crippen molar-refractivity contribution in [3.05, 3.63) is 42.0 Å². The standard InChI is InChI=1S/C14H14N2O/c15-10-11-6-7-14(16-8-3-9-17)13-5-2-1-4-12(11)13/h1-2,4-7,16-17H,3,8-9H2. The molecule has 0 aromatic heterocycles. The third-order valence-electron chi connectivity index (χ3n) is 2.69. The third kappa shape index (κ3) is 2.38. The highest BCUT2D eigenvalue weighted by Crippen LogP contribution is 2.26. The molecule has 0 aliphatic rings. The molecular weight excluding hydrogens is 212 g/mol. The van der Waals surface area contributed by atoms with Crippen LogP contribution in [0.25, 0.3) is 10.8 Å². The Kier molecular flexibility index (Phi) is 3.59. The van der Waals surface area contributed by atoms with Crippen molar-refractivity contribution in [2.45, 2.75) is 6.42 Å². The second-order valence-corrected chi connectivity index (χ2v) is 3.82. The number of hydrogen-bond donors (Lipinski definition) is 2. The number of benzene rings is 2. The normalized spacial score (nSPS) is 10.1. The lowest BCUT2D eigenvalue weighted by atomic mass is 10.0. The highest BCUT2D eigenvalue weighted by atomic mass is 16.3.